The average Bonchev–Trinajstić information content (AvgIpc) is 3.38. The van der Waals surface area contributed by atoms with Crippen molar-refractivity contribution < 1.29 is 18.7 Å². The van der Waals surface area contributed by atoms with E-state index in [2.05, 4.69) is 31.5 Å². The molecule has 2 N–H and O–H groups in total. The first-order valence-electron chi connectivity index (χ1n) is 15.2. The molecule has 7 rings (SSSR count). The minimum Gasteiger partial charge on any atom is -0.384 e. The number of pyridine rings is 1. The van der Waals surface area contributed by atoms with Crippen molar-refractivity contribution in [1.82, 2.24) is 30.0 Å². The number of aromatic amines is 1. The number of anilines is 1. The lowest BCUT2D eigenvalue weighted by molar-refractivity contribution is -0.136. The van der Waals surface area contributed by atoms with Crippen LogP contribution in [0.15, 0.2) is 48.1 Å². The van der Waals surface area contributed by atoms with Crippen LogP contribution in [0.3, 0.4) is 0 Å². The Labute approximate surface area is 259 Å². The smallest absolute Gasteiger partial charge is 0.236 e. The molecule has 2 amide bonds. The molecule has 230 valence electrons. The molecule has 0 bridgehead atoms. The van der Waals surface area contributed by atoms with Gasteiger partial charge in [0.2, 0.25) is 11.8 Å². The molecule has 1 aliphatic carbocycles. The number of likely N-dealkylation sites (tertiary alicyclic amines) is 2. The first-order chi connectivity index (χ1) is 21.4. The van der Waals surface area contributed by atoms with Crippen molar-refractivity contribution in [3.63, 3.8) is 0 Å². The Morgan fingerprint density at radius 2 is 1.95 bits per heavy atom. The van der Waals surface area contributed by atoms with E-state index in [1.807, 2.05) is 35.4 Å². The van der Waals surface area contributed by atoms with Crippen LogP contribution in [0.25, 0.3) is 22.2 Å². The van der Waals surface area contributed by atoms with Gasteiger partial charge in [-0.2, -0.15) is 5.10 Å². The Hall–Kier alpha value is -3.74. The number of alkyl halides is 1. The number of nitrogens with one attached hydrogen (secondary N) is 2. The van der Waals surface area contributed by atoms with Crippen LogP contribution in [0.1, 0.15) is 48.7 Å². The standard InChI is InChI=1S/C32H36FN7O3S/c1-43-20-31(7-12-39(19-31)18-27(41)40-13-8-32(33,9-14-40)30-35-11-15-44-30)29(42)36-23-4-5-25-24(17-23)28(38-37-25)22-6-10-34-26(16-22)21-2-3-21/h4-6,10-11,15-17,21H,2-3,7-9,12-14,18-20H2,1H3,(H,36,42)(H,37,38). The van der Waals surface area contributed by atoms with Crippen molar-refractivity contribution in [1.29, 1.82) is 0 Å². The van der Waals surface area contributed by atoms with Gasteiger partial charge in [-0.15, -0.1) is 11.3 Å². The highest BCUT2D eigenvalue weighted by Crippen LogP contribution is 2.41. The van der Waals surface area contributed by atoms with Gasteiger partial charge in [-0.3, -0.25) is 24.6 Å². The predicted octanol–water partition coefficient (Wildman–Crippen LogP) is 4.72. The topological polar surface area (TPSA) is 116 Å². The third-order valence-electron chi connectivity index (χ3n) is 9.29. The second kappa shape index (κ2) is 11.6. The van der Waals surface area contributed by atoms with E-state index in [0.29, 0.717) is 49.2 Å². The zero-order valence-corrected chi connectivity index (χ0v) is 25.5. The van der Waals surface area contributed by atoms with Crippen LogP contribution in [0.5, 0.6) is 0 Å². The first-order valence-corrected chi connectivity index (χ1v) is 16.1. The third-order valence-corrected chi connectivity index (χ3v) is 10.2. The number of rotatable bonds is 9. The second-order valence-corrected chi connectivity index (χ2v) is 13.3. The van der Waals surface area contributed by atoms with Crippen molar-refractivity contribution in [2.45, 2.75) is 43.7 Å². The van der Waals surface area contributed by atoms with E-state index in [-0.39, 0.29) is 37.8 Å². The number of benzene rings is 1. The fourth-order valence-electron chi connectivity index (χ4n) is 6.57. The molecule has 44 heavy (non-hydrogen) atoms. The molecule has 3 aliphatic rings. The van der Waals surface area contributed by atoms with E-state index < -0.39 is 11.1 Å². The molecule has 0 spiro atoms. The number of H-pyrrole nitrogens is 1. The van der Waals surface area contributed by atoms with E-state index in [1.165, 1.54) is 24.2 Å². The second-order valence-electron chi connectivity index (χ2n) is 12.4. The molecule has 10 nitrogen and oxygen atoms in total. The summed E-state index contributed by atoms with van der Waals surface area (Å²) in [7, 11) is 1.59. The van der Waals surface area contributed by atoms with Gasteiger partial charge in [0.15, 0.2) is 5.67 Å². The molecule has 12 heteroatoms. The maximum Gasteiger partial charge on any atom is 0.236 e. The highest BCUT2D eigenvalue weighted by atomic mass is 32.1. The van der Waals surface area contributed by atoms with E-state index in [1.54, 1.807) is 23.6 Å². The van der Waals surface area contributed by atoms with Crippen molar-refractivity contribution in [2.24, 2.45) is 5.41 Å². The number of amides is 2. The number of thiazole rings is 1. The number of aromatic nitrogens is 4. The summed E-state index contributed by atoms with van der Waals surface area (Å²) in [5, 5.41) is 14.0. The molecule has 1 aromatic carbocycles. The van der Waals surface area contributed by atoms with Gasteiger partial charge in [0.1, 0.15) is 10.7 Å². The van der Waals surface area contributed by atoms with Gasteiger partial charge in [0.05, 0.1) is 24.1 Å². The van der Waals surface area contributed by atoms with E-state index in [0.717, 1.165) is 27.9 Å². The Morgan fingerprint density at radius 3 is 2.70 bits per heavy atom. The molecular weight excluding hydrogens is 581 g/mol. The highest BCUT2D eigenvalue weighted by Gasteiger charge is 2.46. The molecule has 4 aromatic rings. The molecule has 3 aromatic heterocycles. The Morgan fingerprint density at radius 1 is 1.11 bits per heavy atom. The number of methoxy groups -OCH3 is 1. The molecule has 2 aliphatic heterocycles. The molecule has 1 unspecified atom stereocenters. The third kappa shape index (κ3) is 5.62. The SMILES string of the molecule is COCC1(C(=O)Nc2ccc3[nH]nc(-c4ccnc(C5CC5)c4)c3c2)CCN(CC(=O)N2CCC(F)(c3nccs3)CC2)C1. The van der Waals surface area contributed by atoms with Crippen LogP contribution in [-0.4, -0.2) is 88.2 Å². The maximum absolute atomic E-state index is 15.4. The number of hydrogen-bond acceptors (Lipinski definition) is 8. The van der Waals surface area contributed by atoms with Gasteiger partial charge in [-0.05, 0) is 56.1 Å². The zero-order valence-electron chi connectivity index (χ0n) is 24.7. The maximum atomic E-state index is 15.4. The van der Waals surface area contributed by atoms with Gasteiger partial charge in [-0.1, -0.05) is 0 Å². The normalized spacial score (nSPS) is 22.0. The summed E-state index contributed by atoms with van der Waals surface area (Å²) in [5.41, 5.74) is 2.21. The van der Waals surface area contributed by atoms with E-state index in [9.17, 15) is 9.59 Å². The van der Waals surface area contributed by atoms with Crippen LogP contribution in [-0.2, 0) is 20.0 Å². The van der Waals surface area contributed by atoms with Crippen LogP contribution in [0, 0.1) is 5.41 Å². The number of halogens is 1. The number of hydrogen-bond donors (Lipinski definition) is 2. The lowest BCUT2D eigenvalue weighted by atomic mass is 9.86. The van der Waals surface area contributed by atoms with Gasteiger partial charge < -0.3 is 15.0 Å². The Kier molecular flexibility index (Phi) is 7.67. The summed E-state index contributed by atoms with van der Waals surface area (Å²) in [6.45, 7) is 2.13. The van der Waals surface area contributed by atoms with Gasteiger partial charge in [-0.25, -0.2) is 9.37 Å². The van der Waals surface area contributed by atoms with E-state index in [4.69, 9.17) is 4.74 Å². The number of piperidine rings is 1. The van der Waals surface area contributed by atoms with E-state index >= 15 is 4.39 Å². The number of ether oxygens (including phenoxy) is 1. The largest absolute Gasteiger partial charge is 0.384 e. The minimum atomic E-state index is -1.47. The van der Waals surface area contributed by atoms with Gasteiger partial charge >= 0.3 is 0 Å². The molecule has 0 radical (unpaired) electrons. The fraction of sp³-hybridized carbons (Fsp3) is 0.469. The summed E-state index contributed by atoms with van der Waals surface area (Å²) in [4.78, 5) is 39.4. The van der Waals surface area contributed by atoms with Gasteiger partial charge in [0, 0.05) is 85.6 Å². The van der Waals surface area contributed by atoms with Crippen molar-refractivity contribution in [3.05, 3.63) is 58.8 Å². The summed E-state index contributed by atoms with van der Waals surface area (Å²) in [5.74, 6) is 0.359. The minimum absolute atomic E-state index is 0.0429. The Balaban J connectivity index is 1.01. The van der Waals surface area contributed by atoms with Crippen molar-refractivity contribution >= 4 is 39.7 Å². The monoisotopic (exact) mass is 617 g/mol. The van der Waals surface area contributed by atoms with Crippen LogP contribution in [0.4, 0.5) is 10.1 Å². The number of fused-ring (bicyclic) bond motifs is 1. The lowest BCUT2D eigenvalue weighted by Crippen LogP contribution is -2.48. The molecule has 2 saturated heterocycles. The number of carbonyl (C=O) groups excluding carboxylic acids is 2. The van der Waals surface area contributed by atoms with Crippen molar-refractivity contribution in [3.8, 4) is 11.3 Å². The number of nitrogens with zero attached hydrogens (tertiary/aromatic N) is 5. The van der Waals surface area contributed by atoms with Gasteiger partial charge in [0.25, 0.3) is 0 Å². The molecule has 1 atom stereocenters. The zero-order chi connectivity index (χ0) is 30.3. The highest BCUT2D eigenvalue weighted by molar-refractivity contribution is 7.09. The quantitative estimate of drug-likeness (QED) is 0.279. The fourth-order valence-corrected chi connectivity index (χ4v) is 7.36. The molecular formula is C32H36FN7O3S. The van der Waals surface area contributed by atoms with Crippen LogP contribution >= 0.6 is 11.3 Å². The molecule has 1 saturated carbocycles. The van der Waals surface area contributed by atoms with Crippen molar-refractivity contribution in [2.75, 3.05) is 51.8 Å². The summed E-state index contributed by atoms with van der Waals surface area (Å²) in [6.07, 6.45) is 6.86. The lowest BCUT2D eigenvalue weighted by Gasteiger charge is -2.36. The summed E-state index contributed by atoms with van der Waals surface area (Å²) >= 11 is 1.32. The average molecular weight is 618 g/mol. The predicted molar refractivity (Wildman–Crippen MR) is 166 cm³/mol. The number of carbonyl (C=O) groups is 2. The first kappa shape index (κ1) is 29.0. The molecule has 3 fully saturated rings. The van der Waals surface area contributed by atoms with Crippen LogP contribution < -0.4 is 5.32 Å². The molecule has 5 heterocycles. The van der Waals surface area contributed by atoms with Crippen LogP contribution in [0.2, 0.25) is 0 Å². The Bertz CT molecular complexity index is 1670. The summed E-state index contributed by atoms with van der Waals surface area (Å²) in [6, 6.07) is 9.82. The summed E-state index contributed by atoms with van der Waals surface area (Å²) < 4.78 is 20.9.